The van der Waals surface area contributed by atoms with Gasteiger partial charge in [0.25, 0.3) is 0 Å². The Bertz CT molecular complexity index is 1470. The third-order valence-electron chi connectivity index (χ3n) is 6.81. The highest BCUT2D eigenvalue weighted by Gasteiger charge is 2.23. The molecule has 3 N–H and O–H groups in total. The fourth-order valence-corrected chi connectivity index (χ4v) is 4.80. The molecule has 1 aromatic heterocycles. The minimum Gasteiger partial charge on any atom is -0.390 e. The number of fused-ring (bicyclic) bond motifs is 1. The molecule has 4 aromatic rings. The predicted octanol–water partition coefficient (Wildman–Crippen LogP) is 4.48. The number of aryl methyl sites for hydroxylation is 2. The van der Waals surface area contributed by atoms with Crippen molar-refractivity contribution in [1.29, 1.82) is 0 Å². The average Bonchev–Trinajstić information content (AvgIpc) is 3.26. The summed E-state index contributed by atoms with van der Waals surface area (Å²) in [4.78, 5) is 30.2. The number of amides is 1. The Morgan fingerprint density at radius 1 is 0.950 bits per heavy atom. The number of nitrogens with one attached hydrogen (secondary N) is 2. The van der Waals surface area contributed by atoms with Gasteiger partial charge in [0.2, 0.25) is 11.8 Å². The number of rotatable bonds is 12. The molecule has 210 valence electrons. The minimum atomic E-state index is -1.06. The Labute approximate surface area is 232 Å². The van der Waals surface area contributed by atoms with Crippen molar-refractivity contribution >= 4 is 22.8 Å². The number of aromatic nitrogens is 2. The Morgan fingerprint density at radius 2 is 1.68 bits per heavy atom. The lowest BCUT2D eigenvalue weighted by Gasteiger charge is -2.25. The molecule has 0 aliphatic rings. The van der Waals surface area contributed by atoms with E-state index >= 15 is 0 Å². The van der Waals surface area contributed by atoms with Crippen LogP contribution in [0.1, 0.15) is 47.1 Å². The van der Waals surface area contributed by atoms with Crippen LogP contribution in [0.25, 0.3) is 11.0 Å². The molecule has 0 aliphatic carbocycles. The van der Waals surface area contributed by atoms with Gasteiger partial charge in [0.1, 0.15) is 17.5 Å². The number of carbonyl (C=O) groups excluding carboxylic acids is 2. The van der Waals surface area contributed by atoms with Crippen LogP contribution in [-0.2, 0) is 24.2 Å². The number of imidazole rings is 1. The smallest absolute Gasteiger partial charge is 0.233 e. The van der Waals surface area contributed by atoms with E-state index in [1.54, 1.807) is 13.0 Å². The summed E-state index contributed by atoms with van der Waals surface area (Å²) in [7, 11) is 0. The number of para-hydroxylation sites is 2. The highest BCUT2D eigenvalue weighted by atomic mass is 19.1. The molecule has 4 rings (SSSR count). The van der Waals surface area contributed by atoms with Gasteiger partial charge in [-0.3, -0.25) is 14.2 Å². The summed E-state index contributed by atoms with van der Waals surface area (Å²) >= 11 is 0. The van der Waals surface area contributed by atoms with E-state index < -0.39 is 29.7 Å². The van der Waals surface area contributed by atoms with Crippen molar-refractivity contribution in [2.24, 2.45) is 0 Å². The second kappa shape index (κ2) is 13.4. The van der Waals surface area contributed by atoms with Gasteiger partial charge in [-0.05, 0) is 60.7 Å². The molecule has 0 aliphatic heterocycles. The maximum absolute atomic E-state index is 13.8. The van der Waals surface area contributed by atoms with Gasteiger partial charge in [0.15, 0.2) is 0 Å². The normalized spacial score (nSPS) is 12.8. The third kappa shape index (κ3) is 7.58. The Hall–Kier alpha value is -3.95. The standard InChI is InChI=1S/C31H34F2N4O3/c1-3-21-7-6-8-22(13-21)18-34-19-29(38)27(16-23-14-24(32)17-25(33)15-23)36-30(39)11-12-31(40)37-20(2)35-26-9-4-5-10-28(26)37/h4-10,13-15,17,27,29,34,38H,3,11-12,16,18-19H2,1-2H3,(H,36,39)/t27-,29-/m0/s1. The Morgan fingerprint density at radius 3 is 2.42 bits per heavy atom. The molecule has 0 unspecified atom stereocenters. The predicted molar refractivity (Wildman–Crippen MR) is 150 cm³/mol. The first-order valence-corrected chi connectivity index (χ1v) is 13.4. The van der Waals surface area contributed by atoms with Gasteiger partial charge in [-0.15, -0.1) is 0 Å². The van der Waals surface area contributed by atoms with Crippen LogP contribution >= 0.6 is 0 Å². The van der Waals surface area contributed by atoms with Gasteiger partial charge in [-0.2, -0.15) is 0 Å². The summed E-state index contributed by atoms with van der Waals surface area (Å²) in [5.41, 5.74) is 3.92. The van der Waals surface area contributed by atoms with Gasteiger partial charge >= 0.3 is 0 Å². The molecule has 7 nitrogen and oxygen atoms in total. The highest BCUT2D eigenvalue weighted by Crippen LogP contribution is 2.17. The first-order chi connectivity index (χ1) is 19.2. The van der Waals surface area contributed by atoms with Crippen LogP contribution in [0.3, 0.4) is 0 Å². The summed E-state index contributed by atoms with van der Waals surface area (Å²) < 4.78 is 29.2. The van der Waals surface area contributed by atoms with Crippen molar-refractivity contribution in [3.05, 3.63) is 101 Å². The molecule has 0 spiro atoms. The molecule has 0 radical (unpaired) electrons. The number of benzene rings is 3. The molecular weight excluding hydrogens is 514 g/mol. The van der Waals surface area contributed by atoms with Crippen molar-refractivity contribution in [3.63, 3.8) is 0 Å². The van der Waals surface area contributed by atoms with Crippen molar-refractivity contribution < 1.29 is 23.5 Å². The van der Waals surface area contributed by atoms with Gasteiger partial charge in [0.05, 0.1) is 23.2 Å². The summed E-state index contributed by atoms with van der Waals surface area (Å²) in [6, 6.07) is 17.6. The molecule has 3 aromatic carbocycles. The quantitative estimate of drug-likeness (QED) is 0.243. The van der Waals surface area contributed by atoms with Crippen LogP contribution in [0.2, 0.25) is 0 Å². The van der Waals surface area contributed by atoms with Gasteiger partial charge in [-0.25, -0.2) is 13.8 Å². The molecular formula is C31H34F2N4O3. The topological polar surface area (TPSA) is 96.3 Å². The number of hydrogen-bond acceptors (Lipinski definition) is 5. The first kappa shape index (κ1) is 29.0. The van der Waals surface area contributed by atoms with E-state index in [1.165, 1.54) is 22.3 Å². The second-order valence-corrected chi connectivity index (χ2v) is 9.90. The van der Waals surface area contributed by atoms with E-state index in [2.05, 4.69) is 28.6 Å². The molecule has 2 atom stereocenters. The van der Waals surface area contributed by atoms with Gasteiger partial charge in [0, 0.05) is 32.0 Å². The van der Waals surface area contributed by atoms with E-state index in [0.717, 1.165) is 18.1 Å². The van der Waals surface area contributed by atoms with Crippen molar-refractivity contribution in [3.8, 4) is 0 Å². The largest absolute Gasteiger partial charge is 0.390 e. The summed E-state index contributed by atoms with van der Waals surface area (Å²) in [6.07, 6.45) is -0.332. The maximum Gasteiger partial charge on any atom is 0.233 e. The Kier molecular flexibility index (Phi) is 9.74. The van der Waals surface area contributed by atoms with Crippen LogP contribution < -0.4 is 10.6 Å². The minimum absolute atomic E-state index is 0.00774. The zero-order chi connectivity index (χ0) is 28.6. The van der Waals surface area contributed by atoms with E-state index in [0.29, 0.717) is 29.0 Å². The molecule has 0 fully saturated rings. The van der Waals surface area contributed by atoms with Crippen LogP contribution in [-0.4, -0.2) is 45.2 Å². The van der Waals surface area contributed by atoms with Crippen LogP contribution in [0, 0.1) is 18.6 Å². The van der Waals surface area contributed by atoms with Crippen LogP contribution in [0.15, 0.2) is 66.7 Å². The van der Waals surface area contributed by atoms with Crippen molar-refractivity contribution in [2.45, 2.75) is 58.2 Å². The number of hydrogen-bond donors (Lipinski definition) is 3. The molecule has 1 heterocycles. The van der Waals surface area contributed by atoms with Crippen molar-refractivity contribution in [1.82, 2.24) is 20.2 Å². The third-order valence-corrected chi connectivity index (χ3v) is 6.81. The monoisotopic (exact) mass is 548 g/mol. The summed E-state index contributed by atoms with van der Waals surface area (Å²) in [5.74, 6) is -1.67. The number of halogens is 2. The lowest BCUT2D eigenvalue weighted by atomic mass is 10.00. The molecule has 0 saturated heterocycles. The van der Waals surface area contributed by atoms with Crippen molar-refractivity contribution in [2.75, 3.05) is 6.54 Å². The molecule has 0 saturated carbocycles. The number of aliphatic hydroxyl groups excluding tert-OH is 1. The zero-order valence-electron chi connectivity index (χ0n) is 22.7. The fraction of sp³-hybridized carbons (Fsp3) is 0.323. The molecule has 40 heavy (non-hydrogen) atoms. The highest BCUT2D eigenvalue weighted by molar-refractivity contribution is 5.93. The zero-order valence-corrected chi connectivity index (χ0v) is 22.7. The van der Waals surface area contributed by atoms with Gasteiger partial charge in [-0.1, -0.05) is 43.3 Å². The first-order valence-electron chi connectivity index (χ1n) is 13.4. The Balaban J connectivity index is 1.40. The van der Waals surface area contributed by atoms with E-state index in [9.17, 15) is 23.5 Å². The fourth-order valence-electron chi connectivity index (χ4n) is 4.80. The average molecular weight is 549 g/mol. The number of carbonyl (C=O) groups is 2. The van der Waals surface area contributed by atoms with E-state index in [1.807, 2.05) is 36.4 Å². The van der Waals surface area contributed by atoms with Crippen LogP contribution in [0.4, 0.5) is 8.78 Å². The second-order valence-electron chi connectivity index (χ2n) is 9.90. The SMILES string of the molecule is CCc1cccc(CNC[C@H](O)[C@H](Cc2cc(F)cc(F)c2)NC(=O)CCC(=O)n2c(C)nc3ccccc32)c1. The summed E-state index contributed by atoms with van der Waals surface area (Å²) in [6.45, 7) is 4.45. The number of nitrogens with zero attached hydrogens (tertiary/aromatic N) is 2. The van der Waals surface area contributed by atoms with Gasteiger partial charge < -0.3 is 15.7 Å². The lowest BCUT2D eigenvalue weighted by molar-refractivity contribution is -0.122. The summed E-state index contributed by atoms with van der Waals surface area (Å²) in [5, 5.41) is 16.9. The molecule has 9 heteroatoms. The van der Waals surface area contributed by atoms with E-state index in [4.69, 9.17) is 0 Å². The molecule has 0 bridgehead atoms. The van der Waals surface area contributed by atoms with E-state index in [-0.39, 0.29) is 31.7 Å². The lowest BCUT2D eigenvalue weighted by Crippen LogP contribution is -2.48. The molecule has 1 amide bonds. The maximum atomic E-state index is 13.8. The number of aliphatic hydroxyl groups is 1. The van der Waals surface area contributed by atoms with Crippen LogP contribution in [0.5, 0.6) is 0 Å².